The number of hydrogen-bond acceptors (Lipinski definition) is 6. The van der Waals surface area contributed by atoms with Crippen molar-refractivity contribution in [3.8, 4) is 5.75 Å². The van der Waals surface area contributed by atoms with E-state index in [1.54, 1.807) is 23.1 Å². The van der Waals surface area contributed by atoms with E-state index >= 15 is 0 Å². The van der Waals surface area contributed by atoms with E-state index in [1.165, 1.54) is 19.2 Å². The number of halogens is 1. The quantitative estimate of drug-likeness (QED) is 0.197. The topological polar surface area (TPSA) is 110 Å². The van der Waals surface area contributed by atoms with Crippen LogP contribution in [-0.4, -0.2) is 40.7 Å². The lowest BCUT2D eigenvalue weighted by Crippen LogP contribution is -2.67. The number of carbonyl (C=O) groups excluding carboxylic acids is 3. The zero-order valence-corrected chi connectivity index (χ0v) is 21.1. The number of β-lactam (4-membered cyclic amide) rings is 1. The normalized spacial score (nSPS) is 18.8. The number of rotatable bonds is 5. The molecule has 0 radical (unpaired) electrons. The van der Waals surface area contributed by atoms with Gasteiger partial charge >= 0.3 is 0 Å². The minimum absolute atomic E-state index is 0.0309. The van der Waals surface area contributed by atoms with Crippen molar-refractivity contribution in [3.05, 3.63) is 97.0 Å². The molecule has 2 heterocycles. The van der Waals surface area contributed by atoms with Gasteiger partial charge in [-0.1, -0.05) is 33.6 Å². The summed E-state index contributed by atoms with van der Waals surface area (Å²) in [6.07, 6.45) is 0. The Balaban J connectivity index is 1.64. The van der Waals surface area contributed by atoms with Gasteiger partial charge in [-0.3, -0.25) is 34.3 Å². The molecular formula is C26H20BrN3O6. The molecule has 9 nitrogen and oxygen atoms in total. The number of nitro benzene ring substituents is 1. The van der Waals surface area contributed by atoms with Crippen molar-refractivity contribution >= 4 is 45.0 Å². The zero-order chi connectivity index (χ0) is 25.9. The highest BCUT2D eigenvalue weighted by atomic mass is 79.9. The summed E-state index contributed by atoms with van der Waals surface area (Å²) in [7, 11) is 1.50. The Morgan fingerprint density at radius 1 is 0.889 bits per heavy atom. The van der Waals surface area contributed by atoms with Crippen LogP contribution < -0.4 is 9.64 Å². The maximum absolute atomic E-state index is 13.7. The lowest BCUT2D eigenvalue weighted by atomic mass is 9.85. The van der Waals surface area contributed by atoms with Crippen molar-refractivity contribution in [1.82, 2.24) is 4.90 Å². The van der Waals surface area contributed by atoms with Crippen LogP contribution in [0, 0.1) is 24.0 Å². The van der Waals surface area contributed by atoms with Crippen LogP contribution in [0.1, 0.15) is 43.4 Å². The number of nitrogens with zero attached hydrogens (tertiary/aromatic N) is 3. The minimum Gasteiger partial charge on any atom is -0.496 e. The highest BCUT2D eigenvalue weighted by Crippen LogP contribution is 2.48. The molecule has 1 fully saturated rings. The number of benzene rings is 3. The Morgan fingerprint density at radius 2 is 1.61 bits per heavy atom. The number of carbonyl (C=O) groups is 3. The Kier molecular flexibility index (Phi) is 5.63. The average Bonchev–Trinajstić information content (AvgIpc) is 3.08. The summed E-state index contributed by atoms with van der Waals surface area (Å²) in [6, 6.07) is 12.6. The first kappa shape index (κ1) is 23.7. The number of aryl methyl sites for hydroxylation is 2. The SMILES string of the molecule is COc1ccc(Br)cc1[C@H]1[C@H](N2C(=O)c3ccc([N+](=O)[O-])cc3C2=O)C(=O)N1c1ccc(C)cc1C. The molecule has 0 aromatic heterocycles. The van der Waals surface area contributed by atoms with Crippen molar-refractivity contribution in [3.63, 3.8) is 0 Å². The number of anilines is 1. The molecule has 3 amide bonds. The molecule has 0 unspecified atom stereocenters. The van der Waals surface area contributed by atoms with Crippen LogP contribution >= 0.6 is 15.9 Å². The highest BCUT2D eigenvalue weighted by Gasteiger charge is 2.58. The summed E-state index contributed by atoms with van der Waals surface area (Å²) in [5, 5.41) is 11.2. The molecule has 0 bridgehead atoms. The highest BCUT2D eigenvalue weighted by molar-refractivity contribution is 9.10. The summed E-state index contributed by atoms with van der Waals surface area (Å²) in [5.41, 5.74) is 2.78. The van der Waals surface area contributed by atoms with Crippen molar-refractivity contribution in [2.24, 2.45) is 0 Å². The second-order valence-electron chi connectivity index (χ2n) is 8.74. The van der Waals surface area contributed by atoms with Crippen LogP contribution in [0.2, 0.25) is 0 Å². The van der Waals surface area contributed by atoms with Gasteiger partial charge in [0.15, 0.2) is 0 Å². The number of fused-ring (bicyclic) bond motifs is 1. The fraction of sp³-hybridized carbons (Fsp3) is 0.192. The summed E-state index contributed by atoms with van der Waals surface area (Å²) < 4.78 is 6.30. The zero-order valence-electron chi connectivity index (χ0n) is 19.5. The van der Waals surface area contributed by atoms with Crippen LogP contribution in [0.25, 0.3) is 0 Å². The molecule has 2 aliphatic rings. The van der Waals surface area contributed by atoms with Gasteiger partial charge in [0.1, 0.15) is 11.8 Å². The molecule has 0 saturated carbocycles. The molecule has 0 spiro atoms. The van der Waals surface area contributed by atoms with Gasteiger partial charge in [0.2, 0.25) is 0 Å². The van der Waals surface area contributed by atoms with Gasteiger partial charge in [-0.15, -0.1) is 0 Å². The molecule has 1 saturated heterocycles. The van der Waals surface area contributed by atoms with Crippen molar-refractivity contribution in [1.29, 1.82) is 0 Å². The second kappa shape index (κ2) is 8.56. The van der Waals surface area contributed by atoms with Gasteiger partial charge in [0, 0.05) is 27.9 Å². The van der Waals surface area contributed by atoms with Crippen molar-refractivity contribution in [2.45, 2.75) is 25.9 Å². The van der Waals surface area contributed by atoms with Crippen molar-refractivity contribution < 1.29 is 24.0 Å². The summed E-state index contributed by atoms with van der Waals surface area (Å²) in [5.74, 6) is -1.35. The van der Waals surface area contributed by atoms with Crippen LogP contribution in [0.5, 0.6) is 5.75 Å². The molecule has 3 aromatic carbocycles. The Bertz CT molecular complexity index is 1490. The van der Waals surface area contributed by atoms with Crippen LogP contribution in [0.3, 0.4) is 0 Å². The Morgan fingerprint density at radius 3 is 2.28 bits per heavy atom. The van der Waals surface area contributed by atoms with E-state index in [4.69, 9.17) is 4.74 Å². The predicted octanol–water partition coefficient (Wildman–Crippen LogP) is 4.74. The van der Waals surface area contributed by atoms with E-state index in [9.17, 15) is 24.5 Å². The number of non-ortho nitro benzene ring substituents is 1. The fourth-order valence-corrected chi connectivity index (χ4v) is 5.31. The molecule has 0 N–H and O–H groups in total. The number of hydrogen-bond donors (Lipinski definition) is 0. The van der Waals surface area contributed by atoms with E-state index in [1.807, 2.05) is 32.0 Å². The van der Waals surface area contributed by atoms with Crippen molar-refractivity contribution in [2.75, 3.05) is 12.0 Å². The molecule has 3 aromatic rings. The summed E-state index contributed by atoms with van der Waals surface area (Å²) in [4.78, 5) is 53.5. The number of amides is 3. The third kappa shape index (κ3) is 3.48. The fourth-order valence-electron chi connectivity index (χ4n) is 4.93. The van der Waals surface area contributed by atoms with Gasteiger partial charge in [-0.2, -0.15) is 0 Å². The maximum atomic E-state index is 13.7. The molecule has 182 valence electrons. The van der Waals surface area contributed by atoms with Gasteiger partial charge < -0.3 is 4.74 Å². The molecule has 2 atom stereocenters. The Hall–Kier alpha value is -4.05. The number of ether oxygens (including phenoxy) is 1. The third-order valence-electron chi connectivity index (χ3n) is 6.58. The first-order valence-corrected chi connectivity index (χ1v) is 11.8. The lowest BCUT2D eigenvalue weighted by Gasteiger charge is -2.50. The van der Waals surface area contributed by atoms with E-state index in [-0.39, 0.29) is 16.8 Å². The number of nitro groups is 1. The molecule has 5 rings (SSSR count). The number of imide groups is 1. The predicted molar refractivity (Wildman–Crippen MR) is 134 cm³/mol. The van der Waals surface area contributed by atoms with E-state index < -0.39 is 34.7 Å². The maximum Gasteiger partial charge on any atom is 0.270 e. The van der Waals surface area contributed by atoms with Gasteiger partial charge in [0.05, 0.1) is 29.2 Å². The summed E-state index contributed by atoms with van der Waals surface area (Å²) in [6.45, 7) is 3.84. The standard InChI is InChI=1S/C26H20BrN3O6/c1-13-4-8-20(14(2)10-13)28-22(19-11-15(27)5-9-21(19)36-3)23(26(28)33)29-24(31)17-7-6-16(30(34)35)12-18(17)25(29)32/h4-12,22-23H,1-3H3/t22-,23-/m0/s1. The average molecular weight is 550 g/mol. The Labute approximate surface area is 214 Å². The van der Waals surface area contributed by atoms with E-state index in [2.05, 4.69) is 15.9 Å². The molecule has 10 heteroatoms. The van der Waals surface area contributed by atoms with E-state index in [0.29, 0.717) is 17.0 Å². The number of methoxy groups -OCH3 is 1. The first-order chi connectivity index (χ1) is 17.1. The first-order valence-electron chi connectivity index (χ1n) is 11.0. The lowest BCUT2D eigenvalue weighted by molar-refractivity contribution is -0.384. The monoisotopic (exact) mass is 549 g/mol. The largest absolute Gasteiger partial charge is 0.496 e. The van der Waals surface area contributed by atoms with Crippen LogP contribution in [0.4, 0.5) is 11.4 Å². The minimum atomic E-state index is -1.15. The van der Waals surface area contributed by atoms with Gasteiger partial charge in [0.25, 0.3) is 23.4 Å². The molecule has 0 aliphatic carbocycles. The van der Waals surface area contributed by atoms with Gasteiger partial charge in [-0.05, 0) is 49.7 Å². The second-order valence-corrected chi connectivity index (χ2v) is 9.66. The van der Waals surface area contributed by atoms with Gasteiger partial charge in [-0.25, -0.2) is 0 Å². The summed E-state index contributed by atoms with van der Waals surface area (Å²) >= 11 is 3.46. The smallest absolute Gasteiger partial charge is 0.270 e. The van der Waals surface area contributed by atoms with Crippen LogP contribution in [0.15, 0.2) is 59.1 Å². The molecule has 2 aliphatic heterocycles. The van der Waals surface area contributed by atoms with Crippen LogP contribution in [-0.2, 0) is 4.79 Å². The molecule has 36 heavy (non-hydrogen) atoms. The third-order valence-corrected chi connectivity index (χ3v) is 7.07. The van der Waals surface area contributed by atoms with E-state index in [0.717, 1.165) is 26.6 Å². The molecular weight excluding hydrogens is 530 g/mol.